The summed E-state index contributed by atoms with van der Waals surface area (Å²) in [7, 11) is 0. The molecule has 0 bridgehead atoms. The molecule has 70 heavy (non-hydrogen) atoms. The molecule has 0 radical (unpaired) electrons. The Morgan fingerprint density at radius 2 is 1.04 bits per heavy atom. The smallest absolute Gasteiger partial charge is 0.357 e. The van der Waals surface area contributed by atoms with Gasteiger partial charge in [0.25, 0.3) is 0 Å². The number of carbonyl (C=O) groups excluding carboxylic acids is 2. The van der Waals surface area contributed by atoms with Gasteiger partial charge in [0.15, 0.2) is 11.4 Å². The second kappa shape index (κ2) is 22.3. The van der Waals surface area contributed by atoms with Crippen LogP contribution in [-0.4, -0.2) is 45.1 Å². The van der Waals surface area contributed by atoms with Crippen LogP contribution in [0, 0.1) is 0 Å². The molecular weight excluding hydrogens is 865 g/mol. The molecule has 0 amide bonds. The van der Waals surface area contributed by atoms with Crippen LogP contribution in [0.1, 0.15) is 54.4 Å². The number of carbonyl (C=O) groups is 2. The van der Waals surface area contributed by atoms with Crippen molar-refractivity contribution < 1.29 is 19.1 Å². The number of fused-ring (bicyclic) bond motifs is 6. The van der Waals surface area contributed by atoms with E-state index in [1.54, 1.807) is 38.4 Å². The highest BCUT2D eigenvalue weighted by Crippen LogP contribution is 2.41. The molecule has 344 valence electrons. The van der Waals surface area contributed by atoms with Crippen molar-refractivity contribution in [1.82, 2.24) is 19.9 Å². The largest absolute Gasteiger partial charge is 0.461 e. The molecule has 6 aromatic carbocycles. The van der Waals surface area contributed by atoms with Crippen molar-refractivity contribution in [2.45, 2.75) is 27.7 Å². The normalized spacial score (nSPS) is 11.0. The van der Waals surface area contributed by atoms with Crippen molar-refractivity contribution >= 4 is 60.9 Å². The van der Waals surface area contributed by atoms with E-state index in [9.17, 15) is 9.59 Å². The summed E-state index contributed by atoms with van der Waals surface area (Å²) in [6, 6.07) is 54.6. The summed E-state index contributed by atoms with van der Waals surface area (Å²) in [6.07, 6.45) is 8.75. The van der Waals surface area contributed by atoms with Crippen LogP contribution in [0.15, 0.2) is 208 Å². The predicted octanol–water partition coefficient (Wildman–Crippen LogP) is 15.4. The molecule has 10 aromatic rings. The third-order valence-electron chi connectivity index (χ3n) is 11.6. The second-order valence-electron chi connectivity index (χ2n) is 15.7. The Bertz CT molecular complexity index is 3540. The highest BCUT2D eigenvalue weighted by atomic mass is 16.5. The third kappa shape index (κ3) is 9.61. The highest BCUT2D eigenvalue weighted by Gasteiger charge is 2.24. The van der Waals surface area contributed by atoms with E-state index in [-0.39, 0.29) is 18.9 Å². The molecule has 4 heterocycles. The van der Waals surface area contributed by atoms with Gasteiger partial charge in [-0.05, 0) is 82.8 Å². The van der Waals surface area contributed by atoms with Crippen molar-refractivity contribution in [2.24, 2.45) is 0 Å². The Morgan fingerprint density at radius 1 is 0.500 bits per heavy atom. The van der Waals surface area contributed by atoms with Gasteiger partial charge < -0.3 is 9.47 Å². The molecular formula is C62H52N4O4. The summed E-state index contributed by atoms with van der Waals surface area (Å²) in [6.45, 7) is 15.9. The minimum absolute atomic E-state index is 0.230. The number of benzene rings is 6. The standard InChI is InChI=1S/C33H26N2O2.C27H20N2O2.C2H6/c1-4-13-22(5-2)30-29-26(18-19-34-30)28-21-25(23-14-9-7-10-15-23)20-27(24-16-11-8-12-17-24)31(28)35-32(29)33(36)37-6-3;1-2-31-27(30)26-24-21(16-17-28-25(24)19-12-7-4-8-13-19)23-20(14-9-15-22(23)29-26)18-10-5-3-6-11-18;1-2/h4-5,7-21H,1-2,6H2,3H3;3-17H,2H2,1H3;1-2H3/b22-13+;;. The van der Waals surface area contributed by atoms with Crippen molar-refractivity contribution in [2.75, 3.05) is 13.2 Å². The Morgan fingerprint density at radius 3 is 1.63 bits per heavy atom. The molecule has 10 rings (SSSR count). The highest BCUT2D eigenvalue weighted by molar-refractivity contribution is 6.21. The van der Waals surface area contributed by atoms with Crippen LogP contribution in [0.3, 0.4) is 0 Å². The van der Waals surface area contributed by atoms with E-state index in [2.05, 4.69) is 77.7 Å². The van der Waals surface area contributed by atoms with Crippen LogP contribution in [0.5, 0.6) is 0 Å². The Balaban J connectivity index is 0.000000184. The average Bonchev–Trinajstić information content (AvgIpc) is 3.43. The van der Waals surface area contributed by atoms with E-state index in [0.717, 1.165) is 82.8 Å². The average molecular weight is 917 g/mol. The number of allylic oxidation sites excluding steroid dienone is 4. The maximum Gasteiger partial charge on any atom is 0.357 e. The number of rotatable bonds is 11. The van der Waals surface area contributed by atoms with E-state index < -0.39 is 11.9 Å². The first kappa shape index (κ1) is 47.6. The molecule has 8 nitrogen and oxygen atoms in total. The fourth-order valence-electron chi connectivity index (χ4n) is 8.65. The van der Waals surface area contributed by atoms with Crippen LogP contribution in [0.4, 0.5) is 0 Å². The molecule has 0 saturated heterocycles. The summed E-state index contributed by atoms with van der Waals surface area (Å²) in [5.41, 5.74) is 11.3. The molecule has 4 aromatic heterocycles. The molecule has 8 heteroatoms. The zero-order valence-corrected chi connectivity index (χ0v) is 39.7. The van der Waals surface area contributed by atoms with Gasteiger partial charge >= 0.3 is 11.9 Å². The van der Waals surface area contributed by atoms with Crippen molar-refractivity contribution in [3.63, 3.8) is 0 Å². The Labute approximate surface area is 408 Å². The Kier molecular flexibility index (Phi) is 15.2. The van der Waals surface area contributed by atoms with Gasteiger partial charge in [-0.25, -0.2) is 19.6 Å². The molecule has 0 fully saturated rings. The topological polar surface area (TPSA) is 104 Å². The maximum absolute atomic E-state index is 13.3. The van der Waals surface area contributed by atoms with Gasteiger partial charge in [0.2, 0.25) is 0 Å². The molecule has 0 atom stereocenters. The molecule has 0 aliphatic rings. The molecule has 0 unspecified atom stereocenters. The van der Waals surface area contributed by atoms with Crippen LogP contribution in [0.2, 0.25) is 0 Å². The number of nitrogens with zero attached hydrogens (tertiary/aromatic N) is 4. The van der Waals surface area contributed by atoms with E-state index in [1.165, 1.54) is 0 Å². The van der Waals surface area contributed by atoms with Gasteiger partial charge in [0.1, 0.15) is 0 Å². The SMILES string of the molecule is C=C/C=C(\C=C)c1nccc2c1c(C(=O)OCC)nc1c(-c3ccccc3)cc(-c3ccccc3)cc12.CC.CCOC(=O)c1nc2cccc(-c3ccccc3)c2c2ccnc(-c3ccccc3)c12. The van der Waals surface area contributed by atoms with Gasteiger partial charge in [0.05, 0.1) is 35.6 Å². The van der Waals surface area contributed by atoms with Gasteiger partial charge in [-0.3, -0.25) is 9.97 Å². The number of esters is 2. The number of hydrogen-bond donors (Lipinski definition) is 0. The predicted molar refractivity (Wildman–Crippen MR) is 287 cm³/mol. The second-order valence-corrected chi connectivity index (χ2v) is 15.7. The van der Waals surface area contributed by atoms with Crippen LogP contribution in [0.25, 0.3) is 93.6 Å². The van der Waals surface area contributed by atoms with Gasteiger partial charge in [-0.2, -0.15) is 0 Å². The van der Waals surface area contributed by atoms with Crippen molar-refractivity contribution in [3.8, 4) is 44.6 Å². The molecule has 0 saturated carbocycles. The van der Waals surface area contributed by atoms with Crippen LogP contribution in [-0.2, 0) is 9.47 Å². The first-order valence-electron chi connectivity index (χ1n) is 23.4. The zero-order valence-electron chi connectivity index (χ0n) is 39.7. The quantitative estimate of drug-likeness (QED) is 0.0718. The summed E-state index contributed by atoms with van der Waals surface area (Å²) in [4.78, 5) is 45.2. The lowest BCUT2D eigenvalue weighted by atomic mass is 9.92. The van der Waals surface area contributed by atoms with Crippen molar-refractivity contribution in [1.29, 1.82) is 0 Å². The van der Waals surface area contributed by atoms with E-state index in [0.29, 0.717) is 22.2 Å². The number of hydrogen-bond acceptors (Lipinski definition) is 8. The third-order valence-corrected chi connectivity index (χ3v) is 11.6. The summed E-state index contributed by atoms with van der Waals surface area (Å²) in [5.74, 6) is -0.929. The van der Waals surface area contributed by atoms with Gasteiger partial charge in [-0.15, -0.1) is 0 Å². The minimum atomic E-state index is -0.489. The molecule has 0 aliphatic heterocycles. The first-order chi connectivity index (χ1) is 34.4. The van der Waals surface area contributed by atoms with Crippen LogP contribution >= 0.6 is 0 Å². The lowest BCUT2D eigenvalue weighted by Crippen LogP contribution is -2.10. The monoisotopic (exact) mass is 916 g/mol. The molecule has 0 aliphatic carbocycles. The minimum Gasteiger partial charge on any atom is -0.461 e. The lowest BCUT2D eigenvalue weighted by molar-refractivity contribution is 0.0513. The maximum atomic E-state index is 13.3. The Hall–Kier alpha value is -8.88. The van der Waals surface area contributed by atoms with Gasteiger partial charge in [0, 0.05) is 50.6 Å². The first-order valence-corrected chi connectivity index (χ1v) is 23.4. The molecule has 0 N–H and O–H groups in total. The zero-order chi connectivity index (χ0) is 49.0. The van der Waals surface area contributed by atoms with E-state index in [4.69, 9.17) is 19.4 Å². The fourth-order valence-corrected chi connectivity index (χ4v) is 8.65. The van der Waals surface area contributed by atoms with Gasteiger partial charge in [-0.1, -0.05) is 179 Å². The molecule has 0 spiro atoms. The van der Waals surface area contributed by atoms with Crippen molar-refractivity contribution in [3.05, 3.63) is 225 Å². The van der Waals surface area contributed by atoms with E-state index >= 15 is 0 Å². The lowest BCUT2D eigenvalue weighted by Gasteiger charge is -2.16. The number of pyridine rings is 4. The fraction of sp³-hybridized carbons (Fsp3) is 0.0968. The summed E-state index contributed by atoms with van der Waals surface area (Å²) < 4.78 is 10.8. The van der Waals surface area contributed by atoms with Crippen LogP contribution < -0.4 is 0 Å². The number of ether oxygens (including phenoxy) is 2. The summed E-state index contributed by atoms with van der Waals surface area (Å²) in [5, 5.41) is 5.06. The number of aromatic nitrogens is 4. The van der Waals surface area contributed by atoms with E-state index in [1.807, 2.05) is 129 Å². The summed E-state index contributed by atoms with van der Waals surface area (Å²) >= 11 is 0.